The Morgan fingerprint density at radius 1 is 1.29 bits per heavy atom. The highest BCUT2D eigenvalue weighted by molar-refractivity contribution is 5.43. The lowest BCUT2D eigenvalue weighted by Crippen LogP contribution is -2.14. The van der Waals surface area contributed by atoms with Gasteiger partial charge in [-0.05, 0) is 24.6 Å². The summed E-state index contributed by atoms with van der Waals surface area (Å²) in [4.78, 5) is 7.08. The maximum Gasteiger partial charge on any atom is 0.387 e. The van der Waals surface area contributed by atoms with Gasteiger partial charge in [0.1, 0.15) is 5.82 Å². The zero-order valence-corrected chi connectivity index (χ0v) is 11.6. The number of imidazole rings is 1. The summed E-state index contributed by atoms with van der Waals surface area (Å²) in [6.45, 7) is 0.450. The SMILES string of the molecule is CCOc1cc(CNCc2ncc[nH]2)ccc1OC(F)F. The minimum Gasteiger partial charge on any atom is -0.490 e. The van der Waals surface area contributed by atoms with Gasteiger partial charge in [-0.2, -0.15) is 8.78 Å². The van der Waals surface area contributed by atoms with Gasteiger partial charge in [-0.25, -0.2) is 4.98 Å². The number of H-pyrrole nitrogens is 1. The van der Waals surface area contributed by atoms with Crippen molar-refractivity contribution < 1.29 is 18.3 Å². The summed E-state index contributed by atoms with van der Waals surface area (Å²) < 4.78 is 34.3. The number of aromatic amines is 1. The first-order valence-electron chi connectivity index (χ1n) is 6.58. The number of aromatic nitrogens is 2. The highest BCUT2D eigenvalue weighted by Gasteiger charge is 2.11. The molecule has 0 aliphatic heterocycles. The van der Waals surface area contributed by atoms with Gasteiger partial charge in [-0.15, -0.1) is 0 Å². The third kappa shape index (κ3) is 4.71. The Morgan fingerprint density at radius 2 is 2.14 bits per heavy atom. The topological polar surface area (TPSA) is 59.2 Å². The van der Waals surface area contributed by atoms with Crippen LogP contribution in [0.2, 0.25) is 0 Å². The van der Waals surface area contributed by atoms with Crippen LogP contribution in [0.25, 0.3) is 0 Å². The van der Waals surface area contributed by atoms with Gasteiger partial charge in [0.05, 0.1) is 13.2 Å². The molecule has 1 heterocycles. The maximum absolute atomic E-state index is 12.3. The van der Waals surface area contributed by atoms with Crippen molar-refractivity contribution in [2.75, 3.05) is 6.61 Å². The van der Waals surface area contributed by atoms with E-state index in [0.717, 1.165) is 11.4 Å². The quantitative estimate of drug-likeness (QED) is 0.786. The molecule has 0 fully saturated rings. The largest absolute Gasteiger partial charge is 0.490 e. The first-order valence-corrected chi connectivity index (χ1v) is 6.58. The molecule has 0 saturated heterocycles. The molecule has 7 heteroatoms. The first-order chi connectivity index (χ1) is 10.2. The number of nitrogens with zero attached hydrogens (tertiary/aromatic N) is 1. The predicted molar refractivity (Wildman–Crippen MR) is 73.4 cm³/mol. The van der Waals surface area contributed by atoms with Crippen LogP contribution in [-0.2, 0) is 13.1 Å². The van der Waals surface area contributed by atoms with E-state index in [1.807, 2.05) is 0 Å². The average molecular weight is 297 g/mol. The molecule has 21 heavy (non-hydrogen) atoms. The summed E-state index contributed by atoms with van der Waals surface area (Å²) in [5, 5.41) is 3.20. The molecule has 0 amide bonds. The minimum atomic E-state index is -2.87. The van der Waals surface area contributed by atoms with Crippen molar-refractivity contribution in [1.29, 1.82) is 0 Å². The first kappa shape index (κ1) is 15.2. The van der Waals surface area contributed by atoms with Gasteiger partial charge in [-0.1, -0.05) is 6.07 Å². The van der Waals surface area contributed by atoms with Crippen molar-refractivity contribution in [1.82, 2.24) is 15.3 Å². The van der Waals surface area contributed by atoms with E-state index in [9.17, 15) is 8.78 Å². The minimum absolute atomic E-state index is 0.0432. The van der Waals surface area contributed by atoms with Crippen LogP contribution in [-0.4, -0.2) is 23.2 Å². The molecule has 114 valence electrons. The molecule has 0 radical (unpaired) electrons. The second-order valence-corrected chi connectivity index (χ2v) is 4.23. The summed E-state index contributed by atoms with van der Waals surface area (Å²) in [5.74, 6) is 1.19. The summed E-state index contributed by atoms with van der Waals surface area (Å²) in [6.07, 6.45) is 3.43. The zero-order valence-electron chi connectivity index (χ0n) is 11.6. The fourth-order valence-corrected chi connectivity index (χ4v) is 1.84. The Kier molecular flexibility index (Phi) is 5.51. The monoisotopic (exact) mass is 297 g/mol. The summed E-state index contributed by atoms with van der Waals surface area (Å²) in [7, 11) is 0. The van der Waals surface area contributed by atoms with Crippen LogP contribution in [0.15, 0.2) is 30.6 Å². The van der Waals surface area contributed by atoms with E-state index in [1.165, 1.54) is 6.07 Å². The van der Waals surface area contributed by atoms with E-state index >= 15 is 0 Å². The zero-order chi connectivity index (χ0) is 15.1. The van der Waals surface area contributed by atoms with Gasteiger partial charge < -0.3 is 19.8 Å². The van der Waals surface area contributed by atoms with Gasteiger partial charge in [-0.3, -0.25) is 0 Å². The Balaban J connectivity index is 1.97. The van der Waals surface area contributed by atoms with Crippen molar-refractivity contribution in [2.24, 2.45) is 0 Å². The molecule has 2 aromatic rings. The summed E-state index contributed by atoms with van der Waals surface area (Å²) in [6, 6.07) is 4.90. The molecule has 0 saturated carbocycles. The van der Waals surface area contributed by atoms with Crippen LogP contribution in [0.1, 0.15) is 18.3 Å². The molecule has 0 atom stereocenters. The van der Waals surface area contributed by atoms with Crippen LogP contribution < -0.4 is 14.8 Å². The van der Waals surface area contributed by atoms with Crippen LogP contribution in [0.4, 0.5) is 8.78 Å². The fraction of sp³-hybridized carbons (Fsp3) is 0.357. The van der Waals surface area contributed by atoms with E-state index in [2.05, 4.69) is 20.0 Å². The molecule has 5 nitrogen and oxygen atoms in total. The van der Waals surface area contributed by atoms with Crippen LogP contribution >= 0.6 is 0 Å². The van der Waals surface area contributed by atoms with Crippen molar-refractivity contribution >= 4 is 0 Å². The number of hydrogen-bond acceptors (Lipinski definition) is 4. The molecule has 2 rings (SSSR count). The molecule has 0 spiro atoms. The van der Waals surface area contributed by atoms with E-state index < -0.39 is 6.61 Å². The predicted octanol–water partition coefficient (Wildman–Crippen LogP) is 2.70. The standard InChI is InChI=1S/C14H17F2N3O2/c1-2-20-12-7-10(3-4-11(12)21-14(15)16)8-17-9-13-18-5-6-19-13/h3-7,14,17H,2,8-9H2,1H3,(H,18,19). The van der Waals surface area contributed by atoms with Crippen molar-refractivity contribution in [3.63, 3.8) is 0 Å². The molecule has 0 aliphatic carbocycles. The number of alkyl halides is 2. The van der Waals surface area contributed by atoms with Crippen molar-refractivity contribution in [3.8, 4) is 11.5 Å². The van der Waals surface area contributed by atoms with E-state index in [4.69, 9.17) is 4.74 Å². The fourth-order valence-electron chi connectivity index (χ4n) is 1.84. The van der Waals surface area contributed by atoms with Crippen LogP contribution in [0, 0.1) is 0 Å². The molecule has 1 aromatic heterocycles. The smallest absolute Gasteiger partial charge is 0.387 e. The van der Waals surface area contributed by atoms with Crippen molar-refractivity contribution in [2.45, 2.75) is 26.6 Å². The lowest BCUT2D eigenvalue weighted by molar-refractivity contribution is -0.0514. The summed E-state index contributed by atoms with van der Waals surface area (Å²) >= 11 is 0. The normalized spacial score (nSPS) is 10.9. The number of benzene rings is 1. The Bertz CT molecular complexity index is 547. The molecule has 0 bridgehead atoms. The average Bonchev–Trinajstić information content (AvgIpc) is 2.94. The van der Waals surface area contributed by atoms with Crippen molar-refractivity contribution in [3.05, 3.63) is 42.0 Å². The third-order valence-corrected chi connectivity index (χ3v) is 2.70. The molecule has 1 aromatic carbocycles. The number of nitrogens with one attached hydrogen (secondary N) is 2. The van der Waals surface area contributed by atoms with Gasteiger partial charge >= 0.3 is 6.61 Å². The van der Waals surface area contributed by atoms with Gasteiger partial charge in [0, 0.05) is 18.9 Å². The van der Waals surface area contributed by atoms with Gasteiger partial charge in [0.15, 0.2) is 11.5 Å². The number of ether oxygens (including phenoxy) is 2. The van der Waals surface area contributed by atoms with E-state index in [-0.39, 0.29) is 5.75 Å². The van der Waals surface area contributed by atoms with Gasteiger partial charge in [0.2, 0.25) is 0 Å². The van der Waals surface area contributed by atoms with E-state index in [0.29, 0.717) is 25.4 Å². The number of rotatable bonds is 8. The molecular formula is C14H17F2N3O2. The van der Waals surface area contributed by atoms with Crippen LogP contribution in [0.5, 0.6) is 11.5 Å². The Labute approximate surface area is 121 Å². The maximum atomic E-state index is 12.3. The number of hydrogen-bond donors (Lipinski definition) is 2. The van der Waals surface area contributed by atoms with Crippen LogP contribution in [0.3, 0.4) is 0 Å². The number of halogens is 2. The highest BCUT2D eigenvalue weighted by Crippen LogP contribution is 2.29. The third-order valence-electron chi connectivity index (χ3n) is 2.70. The molecule has 0 unspecified atom stereocenters. The van der Waals surface area contributed by atoms with Gasteiger partial charge in [0.25, 0.3) is 0 Å². The molecule has 0 aliphatic rings. The highest BCUT2D eigenvalue weighted by atomic mass is 19.3. The molecular weight excluding hydrogens is 280 g/mol. The Morgan fingerprint density at radius 3 is 2.81 bits per heavy atom. The Hall–Kier alpha value is -2.15. The van der Waals surface area contributed by atoms with E-state index in [1.54, 1.807) is 31.5 Å². The second kappa shape index (κ2) is 7.58. The summed E-state index contributed by atoms with van der Waals surface area (Å²) in [5.41, 5.74) is 0.909. The molecule has 2 N–H and O–H groups in total. The lowest BCUT2D eigenvalue weighted by atomic mass is 10.2. The second-order valence-electron chi connectivity index (χ2n) is 4.23. The lowest BCUT2D eigenvalue weighted by Gasteiger charge is -2.13.